The number of nitrogens with one attached hydrogen (secondary N) is 1. The average molecular weight is 271 g/mol. The number of nitrogens with zero attached hydrogens (tertiary/aromatic N) is 2. The summed E-state index contributed by atoms with van der Waals surface area (Å²) in [6.07, 6.45) is 2.09. The molecule has 1 aromatic heterocycles. The number of rotatable bonds is 6. The molecule has 0 bridgehead atoms. The zero-order valence-electron chi connectivity index (χ0n) is 12.9. The third-order valence-corrected chi connectivity index (χ3v) is 3.65. The van der Waals surface area contributed by atoms with E-state index in [4.69, 9.17) is 0 Å². The van der Waals surface area contributed by atoms with Gasteiger partial charge < -0.3 is 5.32 Å². The molecule has 2 rings (SSSR count). The fraction of sp³-hybridized carbons (Fsp3) is 0.471. The van der Waals surface area contributed by atoms with E-state index in [2.05, 4.69) is 78.5 Å². The van der Waals surface area contributed by atoms with E-state index in [1.54, 1.807) is 0 Å². The standard InChI is InChI=1S/C17H25N3/c1-5-18-16(15-9-7-6-8-10-15)17(13(2)3)20-12-11-14(4)19-20/h6-13,16-18H,5H2,1-4H3. The summed E-state index contributed by atoms with van der Waals surface area (Å²) < 4.78 is 2.11. The van der Waals surface area contributed by atoms with Crippen LogP contribution in [0.3, 0.4) is 0 Å². The molecule has 20 heavy (non-hydrogen) atoms. The van der Waals surface area contributed by atoms with Gasteiger partial charge in [-0.25, -0.2) is 0 Å². The van der Waals surface area contributed by atoms with Crippen molar-refractivity contribution in [2.24, 2.45) is 5.92 Å². The minimum Gasteiger partial charge on any atom is -0.308 e. The number of likely N-dealkylation sites (N-methyl/N-ethyl adjacent to an activating group) is 1. The molecule has 1 aromatic carbocycles. The Bertz CT molecular complexity index is 516. The second kappa shape index (κ2) is 6.71. The Balaban J connectivity index is 2.38. The van der Waals surface area contributed by atoms with Crippen molar-refractivity contribution >= 4 is 0 Å². The molecule has 0 radical (unpaired) electrons. The van der Waals surface area contributed by atoms with E-state index in [1.807, 2.05) is 6.92 Å². The SMILES string of the molecule is CCNC(c1ccccc1)C(C(C)C)n1ccc(C)n1. The second-order valence-electron chi connectivity index (χ2n) is 5.62. The van der Waals surface area contributed by atoms with Crippen LogP contribution in [0.15, 0.2) is 42.6 Å². The van der Waals surface area contributed by atoms with Crippen molar-refractivity contribution in [3.8, 4) is 0 Å². The number of hydrogen-bond acceptors (Lipinski definition) is 2. The fourth-order valence-corrected chi connectivity index (χ4v) is 2.76. The quantitative estimate of drug-likeness (QED) is 0.867. The van der Waals surface area contributed by atoms with Crippen molar-refractivity contribution in [1.29, 1.82) is 0 Å². The Morgan fingerprint density at radius 1 is 1.15 bits per heavy atom. The highest BCUT2D eigenvalue weighted by Gasteiger charge is 2.27. The van der Waals surface area contributed by atoms with Crippen molar-refractivity contribution in [2.45, 2.75) is 39.8 Å². The number of hydrogen-bond donors (Lipinski definition) is 1. The lowest BCUT2D eigenvalue weighted by Crippen LogP contribution is -2.33. The van der Waals surface area contributed by atoms with Gasteiger partial charge in [0.05, 0.1) is 17.8 Å². The first kappa shape index (κ1) is 14.8. The third-order valence-electron chi connectivity index (χ3n) is 3.65. The summed E-state index contributed by atoms with van der Waals surface area (Å²) in [4.78, 5) is 0. The van der Waals surface area contributed by atoms with Gasteiger partial charge in [0.15, 0.2) is 0 Å². The summed E-state index contributed by atoms with van der Waals surface area (Å²) in [5, 5.41) is 8.26. The molecule has 0 aliphatic heterocycles. The fourth-order valence-electron chi connectivity index (χ4n) is 2.76. The van der Waals surface area contributed by atoms with Crippen LogP contribution in [0, 0.1) is 12.8 Å². The molecule has 0 aliphatic rings. The van der Waals surface area contributed by atoms with E-state index in [-0.39, 0.29) is 6.04 Å². The van der Waals surface area contributed by atoms with Gasteiger partial charge in [-0.05, 0) is 31.0 Å². The third kappa shape index (κ3) is 3.28. The van der Waals surface area contributed by atoms with Crippen molar-refractivity contribution in [3.63, 3.8) is 0 Å². The molecule has 3 nitrogen and oxygen atoms in total. The van der Waals surface area contributed by atoms with Crippen molar-refractivity contribution < 1.29 is 0 Å². The van der Waals surface area contributed by atoms with Crippen molar-refractivity contribution in [1.82, 2.24) is 15.1 Å². The van der Waals surface area contributed by atoms with Crippen LogP contribution in [-0.2, 0) is 0 Å². The predicted octanol–water partition coefficient (Wildman–Crippen LogP) is 3.74. The summed E-state index contributed by atoms with van der Waals surface area (Å²) in [5.74, 6) is 0.499. The van der Waals surface area contributed by atoms with Gasteiger partial charge in [0.2, 0.25) is 0 Å². The van der Waals surface area contributed by atoms with Crippen LogP contribution in [0.2, 0.25) is 0 Å². The van der Waals surface area contributed by atoms with E-state index < -0.39 is 0 Å². The monoisotopic (exact) mass is 271 g/mol. The summed E-state index contributed by atoms with van der Waals surface area (Å²) in [6, 6.07) is 13.3. The number of benzene rings is 1. The lowest BCUT2D eigenvalue weighted by atomic mass is 9.91. The molecule has 108 valence electrons. The van der Waals surface area contributed by atoms with Crippen molar-refractivity contribution in [3.05, 3.63) is 53.9 Å². The molecule has 0 aliphatic carbocycles. The van der Waals surface area contributed by atoms with Gasteiger partial charge >= 0.3 is 0 Å². The normalized spacial score (nSPS) is 14.4. The minimum absolute atomic E-state index is 0.278. The lowest BCUT2D eigenvalue weighted by Gasteiger charge is -2.31. The van der Waals surface area contributed by atoms with Crippen LogP contribution in [-0.4, -0.2) is 16.3 Å². The van der Waals surface area contributed by atoms with Crippen LogP contribution in [0.5, 0.6) is 0 Å². The molecule has 0 amide bonds. The Morgan fingerprint density at radius 2 is 1.85 bits per heavy atom. The molecule has 0 saturated heterocycles. The molecule has 0 saturated carbocycles. The van der Waals surface area contributed by atoms with E-state index in [0.717, 1.165) is 12.2 Å². The van der Waals surface area contributed by atoms with Crippen LogP contribution < -0.4 is 5.32 Å². The largest absolute Gasteiger partial charge is 0.308 e. The zero-order valence-corrected chi connectivity index (χ0v) is 12.9. The van der Waals surface area contributed by atoms with Gasteiger partial charge in [-0.3, -0.25) is 4.68 Å². The zero-order chi connectivity index (χ0) is 14.5. The maximum absolute atomic E-state index is 4.64. The molecule has 1 heterocycles. The Kier molecular flexibility index (Phi) is 4.96. The molecule has 3 heteroatoms. The van der Waals surface area contributed by atoms with Gasteiger partial charge in [-0.15, -0.1) is 0 Å². The van der Waals surface area contributed by atoms with E-state index in [0.29, 0.717) is 12.0 Å². The highest BCUT2D eigenvalue weighted by molar-refractivity contribution is 5.20. The molecule has 2 unspecified atom stereocenters. The Labute approximate surface area is 122 Å². The molecular formula is C17H25N3. The number of aryl methyl sites for hydroxylation is 1. The van der Waals surface area contributed by atoms with E-state index in [1.165, 1.54) is 5.56 Å². The number of aromatic nitrogens is 2. The first-order valence-corrected chi connectivity index (χ1v) is 7.43. The first-order chi connectivity index (χ1) is 9.63. The van der Waals surface area contributed by atoms with Crippen LogP contribution >= 0.6 is 0 Å². The van der Waals surface area contributed by atoms with Crippen LogP contribution in [0.4, 0.5) is 0 Å². The van der Waals surface area contributed by atoms with Crippen molar-refractivity contribution in [2.75, 3.05) is 6.54 Å². The van der Waals surface area contributed by atoms with E-state index >= 15 is 0 Å². The molecule has 0 fully saturated rings. The summed E-state index contributed by atoms with van der Waals surface area (Å²) >= 11 is 0. The highest BCUT2D eigenvalue weighted by Crippen LogP contribution is 2.32. The van der Waals surface area contributed by atoms with Gasteiger partial charge in [0.1, 0.15) is 0 Å². The van der Waals surface area contributed by atoms with Crippen LogP contribution in [0.1, 0.15) is 44.1 Å². The Morgan fingerprint density at radius 3 is 2.35 bits per heavy atom. The van der Waals surface area contributed by atoms with Gasteiger partial charge in [0.25, 0.3) is 0 Å². The minimum atomic E-state index is 0.278. The lowest BCUT2D eigenvalue weighted by molar-refractivity contribution is 0.260. The molecule has 2 aromatic rings. The predicted molar refractivity (Wildman–Crippen MR) is 83.7 cm³/mol. The highest BCUT2D eigenvalue weighted by atomic mass is 15.3. The maximum atomic E-state index is 4.64. The first-order valence-electron chi connectivity index (χ1n) is 7.43. The molecule has 1 N–H and O–H groups in total. The topological polar surface area (TPSA) is 29.9 Å². The van der Waals surface area contributed by atoms with Gasteiger partial charge in [0, 0.05) is 6.20 Å². The van der Waals surface area contributed by atoms with Gasteiger partial charge in [-0.2, -0.15) is 5.10 Å². The summed E-state index contributed by atoms with van der Waals surface area (Å²) in [5.41, 5.74) is 2.39. The molecule has 2 atom stereocenters. The van der Waals surface area contributed by atoms with Gasteiger partial charge in [-0.1, -0.05) is 51.1 Å². The summed E-state index contributed by atoms with van der Waals surface area (Å²) in [7, 11) is 0. The average Bonchev–Trinajstić information content (AvgIpc) is 2.85. The smallest absolute Gasteiger partial charge is 0.0736 e. The maximum Gasteiger partial charge on any atom is 0.0736 e. The van der Waals surface area contributed by atoms with Crippen LogP contribution in [0.25, 0.3) is 0 Å². The van der Waals surface area contributed by atoms with E-state index in [9.17, 15) is 0 Å². The Hall–Kier alpha value is -1.61. The second-order valence-corrected chi connectivity index (χ2v) is 5.62. The summed E-state index contributed by atoms with van der Waals surface area (Å²) in [6.45, 7) is 9.66. The molecule has 0 spiro atoms. The molecular weight excluding hydrogens is 246 g/mol.